The van der Waals surface area contributed by atoms with Crippen LogP contribution in [0.15, 0.2) is 36.4 Å². The van der Waals surface area contributed by atoms with Gasteiger partial charge in [-0.2, -0.15) is 0 Å². The Balaban J connectivity index is 1.19. The maximum absolute atomic E-state index is 12.7. The fraction of sp³-hybridized carbons (Fsp3) is 0.756. The van der Waals surface area contributed by atoms with Crippen LogP contribution in [0.25, 0.3) is 0 Å². The van der Waals surface area contributed by atoms with E-state index >= 15 is 0 Å². The van der Waals surface area contributed by atoms with Crippen molar-refractivity contribution in [1.29, 1.82) is 0 Å². The second-order valence-electron chi connectivity index (χ2n) is 18.2. The van der Waals surface area contributed by atoms with Crippen molar-refractivity contribution in [3.8, 4) is 5.75 Å². The maximum Gasteiger partial charge on any atom is 0.306 e. The quantitative estimate of drug-likeness (QED) is 0.185. The van der Waals surface area contributed by atoms with Gasteiger partial charge in [0.05, 0.1) is 6.42 Å². The third kappa shape index (κ3) is 5.66. The summed E-state index contributed by atoms with van der Waals surface area (Å²) in [5.74, 6) is 2.73. The van der Waals surface area contributed by atoms with Crippen molar-refractivity contribution in [3.63, 3.8) is 0 Å². The summed E-state index contributed by atoms with van der Waals surface area (Å²) >= 11 is 0. The van der Waals surface area contributed by atoms with Gasteiger partial charge in [0.25, 0.3) is 0 Å². The van der Waals surface area contributed by atoms with Gasteiger partial charge in [0.1, 0.15) is 11.9 Å². The number of phenols is 1. The van der Waals surface area contributed by atoms with Gasteiger partial charge >= 0.3 is 5.97 Å². The predicted molar refractivity (Wildman–Crippen MR) is 187 cm³/mol. The normalized spacial score (nSPS) is 41.9. The molecule has 5 aliphatic rings. The summed E-state index contributed by atoms with van der Waals surface area (Å²) in [7, 11) is 0. The van der Waals surface area contributed by atoms with Crippen molar-refractivity contribution < 1.29 is 19.4 Å². The molecule has 0 unspecified atom stereocenters. The van der Waals surface area contributed by atoms with Gasteiger partial charge in [-0.3, -0.25) is 9.59 Å². The molecule has 5 fully saturated rings. The largest absolute Gasteiger partial charge is 0.508 e. The van der Waals surface area contributed by atoms with Crippen LogP contribution in [0.4, 0.5) is 0 Å². The number of primary amides is 1. The van der Waals surface area contributed by atoms with Gasteiger partial charge in [-0.1, -0.05) is 65.8 Å². The molecule has 0 heterocycles. The predicted octanol–water partition coefficient (Wildman–Crippen LogP) is 8.32. The van der Waals surface area contributed by atoms with Crippen LogP contribution in [0, 0.1) is 56.7 Å². The van der Waals surface area contributed by atoms with E-state index in [0.717, 1.165) is 31.8 Å². The minimum atomic E-state index is -0.452. The van der Waals surface area contributed by atoms with Gasteiger partial charge < -0.3 is 20.9 Å². The Kier molecular flexibility index (Phi) is 8.97. The van der Waals surface area contributed by atoms with E-state index < -0.39 is 5.91 Å². The first-order valence-corrected chi connectivity index (χ1v) is 18.7. The molecule has 47 heavy (non-hydrogen) atoms. The molecule has 6 heteroatoms. The zero-order valence-electron chi connectivity index (χ0n) is 30.1. The zero-order chi connectivity index (χ0) is 34.0. The number of ether oxygens (including phenoxy) is 1. The highest BCUT2D eigenvalue weighted by molar-refractivity contribution is 5.80. The molecule has 5 saturated carbocycles. The number of esters is 1. The second-order valence-corrected chi connectivity index (χ2v) is 18.2. The Morgan fingerprint density at radius 2 is 1.60 bits per heavy atom. The maximum atomic E-state index is 12.7. The molecule has 0 aromatic heterocycles. The SMILES string of the molecule is C=C(CNCc1ccc(O)cc1)[C@@H]1CC[C@]2(C)CC[C@]3(C)[C@H](CC[C@@H]4[C@@]5(C)CC[C@H](OC(=O)CCC(N)=O)C(C)(C)[C@@H]5CC[C@]43C)[C@@H]12. The Bertz CT molecular complexity index is 1370. The molecule has 0 aliphatic heterocycles. The van der Waals surface area contributed by atoms with Gasteiger partial charge in [0.2, 0.25) is 5.91 Å². The molecule has 0 bridgehead atoms. The van der Waals surface area contributed by atoms with Crippen LogP contribution in [0.2, 0.25) is 0 Å². The van der Waals surface area contributed by atoms with E-state index in [0.29, 0.717) is 40.3 Å². The summed E-state index contributed by atoms with van der Waals surface area (Å²) in [5.41, 5.74) is 8.98. The first kappa shape index (κ1) is 34.5. The van der Waals surface area contributed by atoms with E-state index in [-0.39, 0.29) is 41.2 Å². The molecule has 1 aromatic carbocycles. The molecule has 0 saturated heterocycles. The van der Waals surface area contributed by atoms with Crippen molar-refractivity contribution in [3.05, 3.63) is 42.0 Å². The second kappa shape index (κ2) is 12.2. The Morgan fingerprint density at radius 1 is 0.872 bits per heavy atom. The molecule has 1 aromatic rings. The average molecular weight is 647 g/mol. The van der Waals surface area contributed by atoms with Gasteiger partial charge in [-0.05, 0) is 133 Å². The molecule has 4 N–H and O–H groups in total. The summed E-state index contributed by atoms with van der Waals surface area (Å²) in [4.78, 5) is 24.0. The topological polar surface area (TPSA) is 102 Å². The van der Waals surface area contributed by atoms with Gasteiger partial charge in [-0.15, -0.1) is 0 Å². The molecular weight excluding hydrogens is 584 g/mol. The van der Waals surface area contributed by atoms with E-state index in [1.165, 1.54) is 62.5 Å². The number of benzene rings is 1. The van der Waals surface area contributed by atoms with E-state index in [2.05, 4.69) is 46.9 Å². The summed E-state index contributed by atoms with van der Waals surface area (Å²) in [6, 6.07) is 7.51. The highest BCUT2D eigenvalue weighted by atomic mass is 16.5. The first-order chi connectivity index (χ1) is 22.0. The molecule has 0 spiro atoms. The number of fused-ring (bicyclic) bond motifs is 7. The number of rotatable bonds is 9. The third-order valence-corrected chi connectivity index (χ3v) is 15.8. The van der Waals surface area contributed by atoms with Crippen LogP contribution in [-0.2, 0) is 20.9 Å². The summed E-state index contributed by atoms with van der Waals surface area (Å²) in [6.07, 6.45) is 12.3. The summed E-state index contributed by atoms with van der Waals surface area (Å²) in [5, 5.41) is 13.3. The molecular formula is C41H62N2O4. The Labute approximate surface area is 284 Å². The van der Waals surface area contributed by atoms with Crippen molar-refractivity contribution in [2.45, 2.75) is 131 Å². The van der Waals surface area contributed by atoms with Crippen LogP contribution in [0.5, 0.6) is 5.75 Å². The van der Waals surface area contributed by atoms with E-state index in [4.69, 9.17) is 17.0 Å². The number of phenolic OH excluding ortho intramolecular Hbond substituents is 1. The van der Waals surface area contributed by atoms with Gasteiger partial charge in [0.15, 0.2) is 0 Å². The zero-order valence-corrected chi connectivity index (χ0v) is 30.1. The number of nitrogens with one attached hydrogen (secondary N) is 1. The van der Waals surface area contributed by atoms with Crippen molar-refractivity contribution in [1.82, 2.24) is 5.32 Å². The smallest absolute Gasteiger partial charge is 0.306 e. The number of hydrogen-bond donors (Lipinski definition) is 3. The number of amides is 1. The first-order valence-electron chi connectivity index (χ1n) is 18.7. The lowest BCUT2D eigenvalue weighted by Crippen LogP contribution is -2.66. The molecule has 1 amide bonds. The fourth-order valence-corrected chi connectivity index (χ4v) is 13.1. The minimum absolute atomic E-state index is 0.0534. The van der Waals surface area contributed by atoms with E-state index in [1.54, 1.807) is 12.1 Å². The van der Waals surface area contributed by atoms with Gasteiger partial charge in [0, 0.05) is 24.9 Å². The number of carbonyl (C=O) groups excluding carboxylic acids is 2. The van der Waals surface area contributed by atoms with Crippen LogP contribution in [0.1, 0.15) is 124 Å². The average Bonchev–Trinajstić information content (AvgIpc) is 3.36. The molecule has 6 nitrogen and oxygen atoms in total. The molecule has 6 rings (SSSR count). The summed E-state index contributed by atoms with van der Waals surface area (Å²) < 4.78 is 6.10. The Hall–Kier alpha value is -2.34. The standard InChI is InChI=1S/C41H62N2O4/c1-26(24-43-25-27-8-10-28(44)11-9-27)29-16-19-38(4)22-23-40(6)30(36(29)38)12-13-32-39(5)20-18-33(47-35(46)15-14-34(42)45)37(2,3)31(39)17-21-41(32,40)7/h8-11,29-33,36,43-44H,1,12-25H2,2-7H3,(H2,42,45)/t29-,30+,31-,32+,33-,36+,38+,39-,40+,41+/m0/s1. The van der Waals surface area contributed by atoms with E-state index in [1.807, 2.05) is 12.1 Å². The lowest BCUT2D eigenvalue weighted by molar-refractivity contribution is -0.249. The third-order valence-electron chi connectivity index (χ3n) is 15.8. The lowest BCUT2D eigenvalue weighted by atomic mass is 9.32. The van der Waals surface area contributed by atoms with Crippen molar-refractivity contribution in [2.24, 2.45) is 62.4 Å². The fourth-order valence-electron chi connectivity index (χ4n) is 13.1. The Morgan fingerprint density at radius 3 is 2.30 bits per heavy atom. The number of carbonyl (C=O) groups is 2. The molecule has 5 aliphatic carbocycles. The highest BCUT2D eigenvalue weighted by Gasteiger charge is 2.70. The summed E-state index contributed by atoms with van der Waals surface area (Å²) in [6.45, 7) is 21.7. The number of hydrogen-bond acceptors (Lipinski definition) is 5. The van der Waals surface area contributed by atoms with Crippen LogP contribution < -0.4 is 11.1 Å². The molecule has 260 valence electrons. The molecule has 10 atom stereocenters. The monoisotopic (exact) mass is 646 g/mol. The molecule has 0 radical (unpaired) electrons. The van der Waals surface area contributed by atoms with E-state index in [9.17, 15) is 14.7 Å². The van der Waals surface area contributed by atoms with Crippen molar-refractivity contribution in [2.75, 3.05) is 6.54 Å². The van der Waals surface area contributed by atoms with Crippen molar-refractivity contribution >= 4 is 11.9 Å². The van der Waals surface area contributed by atoms with Crippen LogP contribution in [-0.4, -0.2) is 29.6 Å². The lowest BCUT2D eigenvalue weighted by Gasteiger charge is -2.73. The highest BCUT2D eigenvalue weighted by Crippen LogP contribution is 2.77. The minimum Gasteiger partial charge on any atom is -0.508 e. The van der Waals surface area contributed by atoms with Crippen LogP contribution in [0.3, 0.4) is 0 Å². The van der Waals surface area contributed by atoms with Crippen LogP contribution >= 0.6 is 0 Å². The van der Waals surface area contributed by atoms with Gasteiger partial charge in [-0.25, -0.2) is 0 Å². The number of aromatic hydroxyl groups is 1. The number of nitrogens with two attached hydrogens (primary N) is 1.